The Bertz CT molecular complexity index is 672. The molecule has 0 radical (unpaired) electrons. The van der Waals surface area contributed by atoms with Crippen LogP contribution in [0.5, 0.6) is 0 Å². The molecule has 0 spiro atoms. The summed E-state index contributed by atoms with van der Waals surface area (Å²) < 4.78 is 0. The number of carboxylic acid groups (broad SMARTS) is 1. The van der Waals surface area contributed by atoms with E-state index in [0.29, 0.717) is 15.7 Å². The summed E-state index contributed by atoms with van der Waals surface area (Å²) in [5.74, 6) is -1.28. The van der Waals surface area contributed by atoms with E-state index in [4.69, 9.17) is 23.2 Å². The number of anilines is 1. The number of hydrazone groups is 1. The fourth-order valence-electron chi connectivity index (χ4n) is 1.49. The number of benzene rings is 2. The lowest BCUT2D eigenvalue weighted by atomic mass is 10.2. The van der Waals surface area contributed by atoms with Crippen molar-refractivity contribution >= 4 is 41.1 Å². The van der Waals surface area contributed by atoms with E-state index in [1.54, 1.807) is 12.1 Å². The molecular formula is C14H9Cl2N2O2-. The van der Waals surface area contributed by atoms with Crippen LogP contribution in [0.1, 0.15) is 15.9 Å². The van der Waals surface area contributed by atoms with Crippen molar-refractivity contribution in [3.63, 3.8) is 0 Å². The second-order valence-corrected chi connectivity index (χ2v) is 4.69. The SMILES string of the molecule is O=C([O-])c1ccc(Cl)c(N/N=C\c2ccccc2Cl)c1. The second kappa shape index (κ2) is 6.41. The molecule has 6 heteroatoms. The molecule has 0 heterocycles. The Balaban J connectivity index is 2.17. The van der Waals surface area contributed by atoms with Gasteiger partial charge in [-0.05, 0) is 23.8 Å². The maximum absolute atomic E-state index is 10.8. The van der Waals surface area contributed by atoms with Crippen molar-refractivity contribution in [1.82, 2.24) is 0 Å². The van der Waals surface area contributed by atoms with Crippen LogP contribution in [-0.4, -0.2) is 12.2 Å². The molecule has 0 aliphatic heterocycles. The zero-order valence-corrected chi connectivity index (χ0v) is 11.7. The highest BCUT2D eigenvalue weighted by molar-refractivity contribution is 6.33. The molecule has 102 valence electrons. The van der Waals surface area contributed by atoms with Gasteiger partial charge in [0.25, 0.3) is 0 Å². The molecular weight excluding hydrogens is 299 g/mol. The van der Waals surface area contributed by atoms with Crippen LogP contribution in [-0.2, 0) is 0 Å². The largest absolute Gasteiger partial charge is 0.545 e. The van der Waals surface area contributed by atoms with Crippen molar-refractivity contribution in [1.29, 1.82) is 0 Å². The quantitative estimate of drug-likeness (QED) is 0.698. The topological polar surface area (TPSA) is 64.5 Å². The minimum atomic E-state index is -1.28. The highest BCUT2D eigenvalue weighted by Gasteiger charge is 2.02. The van der Waals surface area contributed by atoms with Gasteiger partial charge in [0.15, 0.2) is 0 Å². The Morgan fingerprint density at radius 1 is 1.15 bits per heavy atom. The average Bonchev–Trinajstić information content (AvgIpc) is 2.42. The molecule has 0 aliphatic carbocycles. The first-order valence-corrected chi connectivity index (χ1v) is 6.38. The molecule has 0 saturated carbocycles. The molecule has 0 atom stereocenters. The molecule has 2 aromatic rings. The third-order valence-corrected chi connectivity index (χ3v) is 3.17. The maximum atomic E-state index is 10.8. The minimum Gasteiger partial charge on any atom is -0.545 e. The first-order valence-electron chi connectivity index (χ1n) is 5.62. The first-order chi connectivity index (χ1) is 9.58. The summed E-state index contributed by atoms with van der Waals surface area (Å²) in [6.07, 6.45) is 1.52. The maximum Gasteiger partial charge on any atom is 0.0754 e. The molecule has 0 aliphatic rings. The van der Waals surface area contributed by atoms with Crippen molar-refractivity contribution in [2.75, 3.05) is 5.43 Å². The van der Waals surface area contributed by atoms with Crippen molar-refractivity contribution in [3.8, 4) is 0 Å². The lowest BCUT2D eigenvalue weighted by molar-refractivity contribution is -0.255. The number of hydrogen-bond acceptors (Lipinski definition) is 4. The molecule has 2 rings (SSSR count). The lowest BCUT2D eigenvalue weighted by Gasteiger charge is -2.07. The number of hydrogen-bond donors (Lipinski definition) is 1. The fraction of sp³-hybridized carbons (Fsp3) is 0. The summed E-state index contributed by atoms with van der Waals surface area (Å²) in [7, 11) is 0. The van der Waals surface area contributed by atoms with Crippen LogP contribution >= 0.6 is 23.2 Å². The van der Waals surface area contributed by atoms with Gasteiger partial charge in [-0.25, -0.2) is 0 Å². The van der Waals surface area contributed by atoms with Crippen molar-refractivity contribution in [2.45, 2.75) is 0 Å². The monoisotopic (exact) mass is 307 g/mol. The van der Waals surface area contributed by atoms with Gasteiger partial charge in [-0.1, -0.05) is 47.5 Å². The minimum absolute atomic E-state index is 0.0184. The second-order valence-electron chi connectivity index (χ2n) is 3.87. The summed E-state index contributed by atoms with van der Waals surface area (Å²) in [5, 5.41) is 15.7. The fourth-order valence-corrected chi connectivity index (χ4v) is 1.83. The number of nitrogens with one attached hydrogen (secondary N) is 1. The van der Waals surface area contributed by atoms with Crippen LogP contribution in [0, 0.1) is 0 Å². The van der Waals surface area contributed by atoms with Gasteiger partial charge >= 0.3 is 0 Å². The third-order valence-electron chi connectivity index (χ3n) is 2.50. The van der Waals surface area contributed by atoms with Gasteiger partial charge in [-0.3, -0.25) is 5.43 Å². The molecule has 0 saturated heterocycles. The van der Waals surface area contributed by atoms with E-state index >= 15 is 0 Å². The van der Waals surface area contributed by atoms with E-state index < -0.39 is 5.97 Å². The summed E-state index contributed by atoms with van der Waals surface area (Å²) in [5.41, 5.74) is 3.79. The van der Waals surface area contributed by atoms with Crippen LogP contribution in [0.25, 0.3) is 0 Å². The smallest absolute Gasteiger partial charge is 0.0754 e. The Labute approximate surface area is 125 Å². The summed E-state index contributed by atoms with van der Waals surface area (Å²) >= 11 is 11.9. The lowest BCUT2D eigenvalue weighted by Crippen LogP contribution is -2.22. The van der Waals surface area contributed by atoms with Gasteiger partial charge in [0, 0.05) is 10.6 Å². The Kier molecular flexibility index (Phi) is 4.61. The summed E-state index contributed by atoms with van der Waals surface area (Å²) in [4.78, 5) is 10.8. The number of carbonyl (C=O) groups excluding carboxylic acids is 1. The van der Waals surface area contributed by atoms with Crippen molar-refractivity contribution < 1.29 is 9.90 Å². The number of halogens is 2. The summed E-state index contributed by atoms with van der Waals surface area (Å²) in [6.45, 7) is 0. The van der Waals surface area contributed by atoms with Gasteiger partial charge in [0.2, 0.25) is 0 Å². The van der Waals surface area contributed by atoms with Gasteiger partial charge in [-0.2, -0.15) is 5.10 Å². The zero-order valence-electron chi connectivity index (χ0n) is 10.1. The number of rotatable bonds is 4. The molecule has 2 aromatic carbocycles. The van der Waals surface area contributed by atoms with Crippen LogP contribution in [0.2, 0.25) is 10.0 Å². The van der Waals surface area contributed by atoms with Crippen LogP contribution < -0.4 is 10.5 Å². The molecule has 0 aromatic heterocycles. The predicted octanol–water partition coefficient (Wildman–Crippen LogP) is 2.80. The van der Waals surface area contributed by atoms with E-state index in [-0.39, 0.29) is 5.56 Å². The highest BCUT2D eigenvalue weighted by atomic mass is 35.5. The molecule has 0 bridgehead atoms. The molecule has 1 N–H and O–H groups in total. The van der Waals surface area contributed by atoms with Crippen LogP contribution in [0.3, 0.4) is 0 Å². The number of aromatic carboxylic acids is 1. The average molecular weight is 308 g/mol. The Morgan fingerprint density at radius 2 is 1.90 bits per heavy atom. The van der Waals surface area contributed by atoms with Crippen molar-refractivity contribution in [2.24, 2.45) is 5.10 Å². The summed E-state index contributed by atoms with van der Waals surface area (Å²) in [6, 6.07) is 11.4. The van der Waals surface area contributed by atoms with E-state index in [1.807, 2.05) is 12.1 Å². The highest BCUT2D eigenvalue weighted by Crippen LogP contribution is 2.23. The normalized spacial score (nSPS) is 10.7. The van der Waals surface area contributed by atoms with Crippen LogP contribution in [0.15, 0.2) is 47.6 Å². The molecule has 0 amide bonds. The van der Waals surface area contributed by atoms with Crippen LogP contribution in [0.4, 0.5) is 5.69 Å². The molecule has 4 nitrogen and oxygen atoms in total. The zero-order chi connectivity index (χ0) is 14.5. The molecule has 20 heavy (non-hydrogen) atoms. The third kappa shape index (κ3) is 3.50. The van der Waals surface area contributed by atoms with Gasteiger partial charge in [0.1, 0.15) is 0 Å². The van der Waals surface area contributed by atoms with Gasteiger partial charge in [0.05, 0.1) is 22.9 Å². The van der Waals surface area contributed by atoms with E-state index in [1.165, 1.54) is 24.4 Å². The van der Waals surface area contributed by atoms with E-state index in [2.05, 4.69) is 10.5 Å². The number of carboxylic acids is 1. The van der Waals surface area contributed by atoms with E-state index in [9.17, 15) is 9.90 Å². The Morgan fingerprint density at radius 3 is 2.60 bits per heavy atom. The van der Waals surface area contributed by atoms with E-state index in [0.717, 1.165) is 5.56 Å². The molecule has 0 fully saturated rings. The van der Waals surface area contributed by atoms with Gasteiger partial charge < -0.3 is 9.90 Å². The Hall–Kier alpha value is -2.04. The standard InChI is InChI=1S/C14H10Cl2N2O2/c15-11-4-2-1-3-10(11)8-17-18-13-7-9(14(19)20)5-6-12(13)16/h1-8,18H,(H,19,20)/p-1/b17-8-. The predicted molar refractivity (Wildman–Crippen MR) is 78.5 cm³/mol. The number of carbonyl (C=O) groups is 1. The molecule has 0 unspecified atom stereocenters. The number of nitrogens with zero attached hydrogens (tertiary/aromatic N) is 1. The first kappa shape index (κ1) is 14.4. The van der Waals surface area contributed by atoms with Crippen molar-refractivity contribution in [3.05, 3.63) is 63.6 Å². The van der Waals surface area contributed by atoms with Gasteiger partial charge in [-0.15, -0.1) is 0 Å².